The molecular formula is C30H37N15O5. The van der Waals surface area contributed by atoms with E-state index in [1.54, 1.807) is 6.20 Å². The highest BCUT2D eigenvalue weighted by Gasteiger charge is 2.32. The maximum absolute atomic E-state index is 13.9. The predicted molar refractivity (Wildman–Crippen MR) is 173 cm³/mol. The first-order valence-corrected chi connectivity index (χ1v) is 15.6. The first-order chi connectivity index (χ1) is 24.3. The summed E-state index contributed by atoms with van der Waals surface area (Å²) in [4.78, 5) is 101. The Morgan fingerprint density at radius 1 is 0.520 bits per heavy atom. The normalized spacial score (nSPS) is 14.1. The van der Waals surface area contributed by atoms with E-state index >= 15 is 0 Å². The van der Waals surface area contributed by atoms with Crippen molar-refractivity contribution in [2.75, 3.05) is 0 Å². The molecule has 20 heteroatoms. The molecule has 0 unspecified atom stereocenters. The van der Waals surface area contributed by atoms with Crippen molar-refractivity contribution in [1.82, 2.24) is 71.1 Å². The Morgan fingerprint density at radius 3 is 1.18 bits per heavy atom. The highest BCUT2D eigenvalue weighted by atomic mass is 16.2. The molecule has 20 nitrogen and oxygen atoms in total. The smallest absolute Gasteiger partial charge is 0.243 e. The second kappa shape index (κ2) is 17.1. The summed E-state index contributed by atoms with van der Waals surface area (Å²) >= 11 is 0. The van der Waals surface area contributed by atoms with Crippen molar-refractivity contribution in [3.63, 3.8) is 0 Å². The molecule has 0 saturated carbocycles. The van der Waals surface area contributed by atoms with Gasteiger partial charge in [0, 0.05) is 91.6 Å². The monoisotopic (exact) mass is 687 g/mol. The van der Waals surface area contributed by atoms with Gasteiger partial charge in [-0.1, -0.05) is 0 Å². The number of carbonyl (C=O) groups excluding carboxylic acids is 5. The Bertz CT molecular complexity index is 1770. The summed E-state index contributed by atoms with van der Waals surface area (Å²) in [5.41, 5.74) is 8.97. The lowest BCUT2D eigenvalue weighted by molar-refractivity contribution is -0.134. The zero-order valence-corrected chi connectivity index (χ0v) is 26.6. The van der Waals surface area contributed by atoms with Gasteiger partial charge in [0.2, 0.25) is 23.6 Å². The van der Waals surface area contributed by atoms with Gasteiger partial charge in [-0.15, -0.1) is 0 Å². The van der Waals surface area contributed by atoms with Crippen molar-refractivity contribution in [3.05, 3.63) is 91.1 Å². The molecule has 4 amide bonds. The second-order valence-corrected chi connectivity index (χ2v) is 11.4. The molecule has 262 valence electrons. The number of H-pyrrole nitrogens is 5. The lowest BCUT2D eigenvalue weighted by Crippen LogP contribution is -2.59. The van der Waals surface area contributed by atoms with Gasteiger partial charge in [-0.2, -0.15) is 0 Å². The summed E-state index contributed by atoms with van der Waals surface area (Å²) in [6, 6.07) is -5.54. The number of aldehydes is 1. The topological polar surface area (TPSA) is 303 Å². The van der Waals surface area contributed by atoms with E-state index in [1.807, 2.05) is 0 Å². The minimum absolute atomic E-state index is 0.00101. The molecule has 0 saturated heterocycles. The average Bonchev–Trinajstić information content (AvgIpc) is 3.95. The van der Waals surface area contributed by atoms with Crippen LogP contribution in [0.5, 0.6) is 0 Å². The molecule has 0 bridgehead atoms. The third-order valence-electron chi connectivity index (χ3n) is 7.65. The van der Waals surface area contributed by atoms with Crippen LogP contribution in [-0.4, -0.2) is 110 Å². The summed E-state index contributed by atoms with van der Waals surface area (Å²) in [7, 11) is 0. The Kier molecular flexibility index (Phi) is 11.9. The molecule has 5 aromatic heterocycles. The van der Waals surface area contributed by atoms with Crippen LogP contribution in [-0.2, 0) is 56.1 Å². The van der Waals surface area contributed by atoms with E-state index in [1.165, 1.54) is 56.4 Å². The molecule has 0 aliphatic rings. The van der Waals surface area contributed by atoms with Crippen LogP contribution in [0, 0.1) is 0 Å². The van der Waals surface area contributed by atoms with E-state index in [9.17, 15) is 24.0 Å². The molecule has 0 fully saturated rings. The predicted octanol–water partition coefficient (Wildman–Crippen LogP) is -2.72. The van der Waals surface area contributed by atoms with Gasteiger partial charge in [0.15, 0.2) is 0 Å². The van der Waals surface area contributed by atoms with Gasteiger partial charge in [-0.05, 0) is 0 Å². The van der Waals surface area contributed by atoms with E-state index in [0.717, 1.165) is 0 Å². The number of imidazole rings is 5. The average molecular weight is 688 g/mol. The largest absolute Gasteiger partial charge is 0.348 e. The van der Waals surface area contributed by atoms with Gasteiger partial charge < -0.3 is 56.7 Å². The van der Waals surface area contributed by atoms with Crippen molar-refractivity contribution in [2.45, 2.75) is 62.3 Å². The lowest BCUT2D eigenvalue weighted by atomic mass is 10.0. The highest BCUT2D eigenvalue weighted by Crippen LogP contribution is 2.07. The van der Waals surface area contributed by atoms with Crippen LogP contribution >= 0.6 is 0 Å². The summed E-state index contributed by atoms with van der Waals surface area (Å²) in [6.07, 6.45) is 15.6. The summed E-state index contributed by atoms with van der Waals surface area (Å²) in [5, 5.41) is 10.8. The van der Waals surface area contributed by atoms with Crippen LogP contribution in [0.3, 0.4) is 0 Å². The molecule has 0 aliphatic heterocycles. The number of nitrogens with two attached hydrogens (primary N) is 1. The van der Waals surface area contributed by atoms with Gasteiger partial charge in [-0.3, -0.25) is 19.2 Å². The maximum Gasteiger partial charge on any atom is 0.243 e. The van der Waals surface area contributed by atoms with E-state index in [2.05, 4.69) is 71.1 Å². The fourth-order valence-corrected chi connectivity index (χ4v) is 5.08. The fourth-order valence-electron chi connectivity index (χ4n) is 5.08. The third-order valence-corrected chi connectivity index (χ3v) is 7.65. The van der Waals surface area contributed by atoms with E-state index < -0.39 is 53.8 Å². The molecule has 5 aromatic rings. The Balaban J connectivity index is 1.32. The molecule has 50 heavy (non-hydrogen) atoms. The SMILES string of the molecule is N[C@@H](Cc1cnc[nH]1)C(=O)N[C@@H](Cc1cnc[nH]1)C(=O)N[C@@H](Cc1cnc[nH]1)C(=O)N[C@@H](Cc1cnc[nH]1)C(=O)N[C@H](C=O)Cc1cnc[nH]1. The molecular weight excluding hydrogens is 650 g/mol. The molecule has 0 radical (unpaired) electrons. The Morgan fingerprint density at radius 2 is 0.840 bits per heavy atom. The molecule has 5 heterocycles. The number of nitrogens with one attached hydrogen (secondary N) is 9. The first kappa shape index (κ1) is 34.9. The molecule has 5 atom stereocenters. The molecule has 5 rings (SSSR count). The standard InChI is InChI=1S/C30H37N15O5/c31-23(2-18-7-33-13-38-18)27(47)43-25(4-20-9-35-15-40-20)29(49)45-26(5-21-10-36-16-41-21)30(50)44-24(3-19-8-34-14-39-19)28(48)42-22(11-46)1-17-6-32-12-37-17/h6-16,22-26H,1-5,31H2,(H,32,37)(H,33,38)(H,34,39)(H,35,40)(H,36,41)(H,42,48)(H,43,47)(H,44,50)(H,45,49)/t22-,23-,24-,25-,26-/m0/s1. The summed E-state index contributed by atoms with van der Waals surface area (Å²) in [5.74, 6) is -2.67. The molecule has 11 N–H and O–H groups in total. The minimum atomic E-state index is -1.24. The minimum Gasteiger partial charge on any atom is -0.348 e. The van der Waals surface area contributed by atoms with Crippen molar-refractivity contribution in [1.29, 1.82) is 0 Å². The van der Waals surface area contributed by atoms with Crippen LogP contribution in [0.15, 0.2) is 62.6 Å². The third kappa shape index (κ3) is 10.0. The number of hydrogen-bond donors (Lipinski definition) is 10. The van der Waals surface area contributed by atoms with Crippen molar-refractivity contribution >= 4 is 29.9 Å². The van der Waals surface area contributed by atoms with E-state index in [-0.39, 0.29) is 32.1 Å². The second-order valence-electron chi connectivity index (χ2n) is 11.4. The van der Waals surface area contributed by atoms with Crippen LogP contribution in [0.4, 0.5) is 0 Å². The number of aromatic amines is 5. The van der Waals surface area contributed by atoms with Gasteiger partial charge in [0.05, 0.1) is 43.7 Å². The maximum atomic E-state index is 13.9. The quantitative estimate of drug-likeness (QED) is 0.0398. The number of aromatic nitrogens is 10. The van der Waals surface area contributed by atoms with Gasteiger partial charge in [0.1, 0.15) is 24.4 Å². The number of nitrogens with zero attached hydrogens (tertiary/aromatic N) is 5. The van der Waals surface area contributed by atoms with Crippen molar-refractivity contribution < 1.29 is 24.0 Å². The number of carbonyl (C=O) groups is 5. The van der Waals surface area contributed by atoms with Gasteiger partial charge >= 0.3 is 0 Å². The molecule has 0 spiro atoms. The summed E-state index contributed by atoms with van der Waals surface area (Å²) in [6.45, 7) is 0. The number of amides is 4. The Hall–Kier alpha value is -6.44. The van der Waals surface area contributed by atoms with Crippen molar-refractivity contribution in [2.24, 2.45) is 5.73 Å². The zero-order valence-electron chi connectivity index (χ0n) is 26.6. The summed E-state index contributed by atoms with van der Waals surface area (Å²) < 4.78 is 0. The Labute approximate surface area is 284 Å². The van der Waals surface area contributed by atoms with E-state index in [4.69, 9.17) is 5.73 Å². The van der Waals surface area contributed by atoms with E-state index in [0.29, 0.717) is 34.8 Å². The van der Waals surface area contributed by atoms with Crippen LogP contribution in [0.2, 0.25) is 0 Å². The number of rotatable bonds is 19. The van der Waals surface area contributed by atoms with Crippen LogP contribution in [0.1, 0.15) is 28.5 Å². The van der Waals surface area contributed by atoms with Crippen molar-refractivity contribution in [3.8, 4) is 0 Å². The zero-order chi connectivity index (χ0) is 35.3. The van der Waals surface area contributed by atoms with Crippen LogP contribution in [0.25, 0.3) is 0 Å². The molecule has 0 aliphatic carbocycles. The molecule has 0 aromatic carbocycles. The fraction of sp³-hybridized carbons (Fsp3) is 0.333. The number of hydrogen-bond acceptors (Lipinski definition) is 11. The van der Waals surface area contributed by atoms with Gasteiger partial charge in [-0.25, -0.2) is 24.9 Å². The lowest BCUT2D eigenvalue weighted by Gasteiger charge is -2.26. The first-order valence-electron chi connectivity index (χ1n) is 15.6. The van der Waals surface area contributed by atoms with Gasteiger partial charge in [0.25, 0.3) is 0 Å². The van der Waals surface area contributed by atoms with Crippen LogP contribution < -0.4 is 27.0 Å². The highest BCUT2D eigenvalue weighted by molar-refractivity contribution is 5.95.